The van der Waals surface area contributed by atoms with Crippen molar-refractivity contribution in [3.05, 3.63) is 59.9 Å². The number of hydrogen-bond acceptors (Lipinski definition) is 4. The second kappa shape index (κ2) is 7.34. The lowest BCUT2D eigenvalue weighted by Crippen LogP contribution is -2.26. The minimum atomic E-state index is -3.48. The van der Waals surface area contributed by atoms with Gasteiger partial charge in [0.25, 0.3) is 5.91 Å². The maximum absolute atomic E-state index is 12.0. The van der Waals surface area contributed by atoms with Crippen LogP contribution in [0.4, 0.5) is 0 Å². The van der Waals surface area contributed by atoms with Crippen molar-refractivity contribution in [3.63, 3.8) is 0 Å². The summed E-state index contributed by atoms with van der Waals surface area (Å²) in [6.07, 6.45) is 2.35. The van der Waals surface area contributed by atoms with E-state index in [1.807, 2.05) is 18.2 Å². The standard InChI is InChI=1S/C16H19N3O3S/c1-19(2)23(21,22)15-8-6-13(7-9-15)16(20)18-12-10-14-5-3-4-11-17-14/h3-9,11H,10,12H2,1-2H3,(H,18,20). The van der Waals surface area contributed by atoms with Gasteiger partial charge in [0.2, 0.25) is 10.0 Å². The average Bonchev–Trinajstić information content (AvgIpc) is 2.55. The fourth-order valence-electron chi connectivity index (χ4n) is 1.94. The summed E-state index contributed by atoms with van der Waals surface area (Å²) in [7, 11) is -0.547. The van der Waals surface area contributed by atoms with E-state index in [0.29, 0.717) is 18.5 Å². The van der Waals surface area contributed by atoms with Gasteiger partial charge in [-0.05, 0) is 36.4 Å². The third kappa shape index (κ3) is 4.37. The summed E-state index contributed by atoms with van der Waals surface area (Å²) in [5, 5.41) is 2.79. The third-order valence-electron chi connectivity index (χ3n) is 3.29. The first-order chi connectivity index (χ1) is 10.9. The van der Waals surface area contributed by atoms with Crippen LogP contribution in [0.25, 0.3) is 0 Å². The highest BCUT2D eigenvalue weighted by molar-refractivity contribution is 7.89. The number of benzene rings is 1. The third-order valence-corrected chi connectivity index (χ3v) is 5.12. The Labute approximate surface area is 136 Å². The highest BCUT2D eigenvalue weighted by Gasteiger charge is 2.17. The molecule has 1 heterocycles. The van der Waals surface area contributed by atoms with Gasteiger partial charge in [-0.3, -0.25) is 9.78 Å². The van der Waals surface area contributed by atoms with Gasteiger partial charge in [0, 0.05) is 44.5 Å². The predicted molar refractivity (Wildman–Crippen MR) is 87.6 cm³/mol. The molecule has 2 rings (SSSR count). The molecule has 0 saturated carbocycles. The summed E-state index contributed by atoms with van der Waals surface area (Å²) in [6, 6.07) is 11.5. The Morgan fingerprint density at radius 1 is 1.13 bits per heavy atom. The van der Waals surface area contributed by atoms with E-state index in [2.05, 4.69) is 10.3 Å². The molecule has 1 aromatic carbocycles. The van der Waals surface area contributed by atoms with Crippen LogP contribution in [0.15, 0.2) is 53.6 Å². The number of nitrogens with zero attached hydrogens (tertiary/aromatic N) is 2. The van der Waals surface area contributed by atoms with Crippen molar-refractivity contribution in [2.24, 2.45) is 0 Å². The Hall–Kier alpha value is -2.25. The molecule has 0 unspecified atom stereocenters. The Bertz CT molecular complexity index is 757. The molecular weight excluding hydrogens is 314 g/mol. The van der Waals surface area contributed by atoms with Gasteiger partial charge >= 0.3 is 0 Å². The van der Waals surface area contributed by atoms with E-state index >= 15 is 0 Å². The number of aromatic nitrogens is 1. The molecule has 0 fully saturated rings. The van der Waals surface area contributed by atoms with Crippen molar-refractivity contribution >= 4 is 15.9 Å². The van der Waals surface area contributed by atoms with Gasteiger partial charge in [0.1, 0.15) is 0 Å². The Morgan fingerprint density at radius 3 is 2.39 bits per heavy atom. The summed E-state index contributed by atoms with van der Waals surface area (Å²) in [6.45, 7) is 0.466. The van der Waals surface area contributed by atoms with Crippen LogP contribution in [-0.2, 0) is 16.4 Å². The maximum Gasteiger partial charge on any atom is 0.251 e. The first-order valence-corrected chi connectivity index (χ1v) is 8.56. The molecule has 122 valence electrons. The van der Waals surface area contributed by atoms with E-state index < -0.39 is 10.0 Å². The van der Waals surface area contributed by atoms with Gasteiger partial charge in [-0.1, -0.05) is 6.07 Å². The molecule has 1 amide bonds. The first-order valence-electron chi connectivity index (χ1n) is 7.12. The van der Waals surface area contributed by atoms with Gasteiger partial charge in [-0.2, -0.15) is 0 Å². The fraction of sp³-hybridized carbons (Fsp3) is 0.250. The molecule has 2 aromatic rings. The lowest BCUT2D eigenvalue weighted by atomic mass is 10.2. The number of carbonyl (C=O) groups is 1. The van der Waals surface area contributed by atoms with E-state index in [1.54, 1.807) is 6.20 Å². The predicted octanol–water partition coefficient (Wildman–Crippen LogP) is 1.30. The summed E-state index contributed by atoms with van der Waals surface area (Å²) < 4.78 is 25.1. The zero-order valence-corrected chi connectivity index (χ0v) is 13.9. The van der Waals surface area contributed by atoms with Crippen LogP contribution < -0.4 is 5.32 Å². The minimum Gasteiger partial charge on any atom is -0.352 e. The molecule has 0 aliphatic heterocycles. The molecule has 0 bridgehead atoms. The SMILES string of the molecule is CN(C)S(=O)(=O)c1ccc(C(=O)NCCc2ccccn2)cc1. The Balaban J connectivity index is 1.95. The number of sulfonamides is 1. The molecule has 0 saturated heterocycles. The van der Waals surface area contributed by atoms with Crippen molar-refractivity contribution in [2.45, 2.75) is 11.3 Å². The first kappa shape index (κ1) is 17.1. The molecule has 0 radical (unpaired) electrons. The van der Waals surface area contributed by atoms with E-state index in [1.165, 1.54) is 38.4 Å². The van der Waals surface area contributed by atoms with Crippen molar-refractivity contribution in [2.75, 3.05) is 20.6 Å². The number of pyridine rings is 1. The Morgan fingerprint density at radius 2 is 1.83 bits per heavy atom. The van der Waals surface area contributed by atoms with Crippen molar-refractivity contribution in [3.8, 4) is 0 Å². The highest BCUT2D eigenvalue weighted by Crippen LogP contribution is 2.13. The minimum absolute atomic E-state index is 0.160. The van der Waals surface area contributed by atoms with E-state index in [4.69, 9.17) is 0 Å². The van der Waals surface area contributed by atoms with Crippen molar-refractivity contribution in [1.29, 1.82) is 0 Å². The van der Waals surface area contributed by atoms with Gasteiger partial charge in [0.15, 0.2) is 0 Å². The molecule has 0 atom stereocenters. The van der Waals surface area contributed by atoms with E-state index in [-0.39, 0.29) is 10.8 Å². The Kier molecular flexibility index (Phi) is 5.46. The second-order valence-electron chi connectivity index (χ2n) is 5.14. The normalized spacial score (nSPS) is 11.4. The number of nitrogens with one attached hydrogen (secondary N) is 1. The van der Waals surface area contributed by atoms with Crippen molar-refractivity contribution in [1.82, 2.24) is 14.6 Å². The molecule has 23 heavy (non-hydrogen) atoms. The largest absolute Gasteiger partial charge is 0.352 e. The summed E-state index contributed by atoms with van der Waals surface area (Å²) in [5.41, 5.74) is 1.32. The second-order valence-corrected chi connectivity index (χ2v) is 7.29. The van der Waals surface area contributed by atoms with E-state index in [0.717, 1.165) is 10.00 Å². The van der Waals surface area contributed by atoms with Crippen LogP contribution in [0.5, 0.6) is 0 Å². The van der Waals surface area contributed by atoms with Crippen LogP contribution in [0.2, 0.25) is 0 Å². The molecule has 0 spiro atoms. The molecule has 1 N–H and O–H groups in total. The van der Waals surface area contributed by atoms with Crippen LogP contribution in [-0.4, -0.2) is 44.3 Å². The van der Waals surface area contributed by atoms with Gasteiger partial charge in [-0.25, -0.2) is 12.7 Å². The monoisotopic (exact) mass is 333 g/mol. The zero-order chi connectivity index (χ0) is 16.9. The van der Waals surface area contributed by atoms with Gasteiger partial charge in [-0.15, -0.1) is 0 Å². The highest BCUT2D eigenvalue weighted by atomic mass is 32.2. The fourth-order valence-corrected chi connectivity index (χ4v) is 2.84. The summed E-state index contributed by atoms with van der Waals surface area (Å²) >= 11 is 0. The molecule has 0 aliphatic rings. The number of amides is 1. The molecule has 1 aromatic heterocycles. The lowest BCUT2D eigenvalue weighted by Gasteiger charge is -2.11. The quantitative estimate of drug-likeness (QED) is 0.864. The van der Waals surface area contributed by atoms with Crippen LogP contribution in [0.3, 0.4) is 0 Å². The van der Waals surface area contributed by atoms with Crippen LogP contribution in [0, 0.1) is 0 Å². The summed E-state index contributed by atoms with van der Waals surface area (Å²) in [5.74, 6) is -0.241. The molecule has 7 heteroatoms. The van der Waals surface area contributed by atoms with Gasteiger partial charge in [0.05, 0.1) is 4.90 Å². The van der Waals surface area contributed by atoms with Crippen molar-refractivity contribution < 1.29 is 13.2 Å². The topological polar surface area (TPSA) is 79.4 Å². The number of hydrogen-bond donors (Lipinski definition) is 1. The van der Waals surface area contributed by atoms with Crippen LogP contribution >= 0.6 is 0 Å². The molecule has 6 nitrogen and oxygen atoms in total. The van der Waals surface area contributed by atoms with Crippen LogP contribution in [0.1, 0.15) is 16.1 Å². The smallest absolute Gasteiger partial charge is 0.251 e. The zero-order valence-electron chi connectivity index (χ0n) is 13.1. The average molecular weight is 333 g/mol. The number of rotatable bonds is 6. The molecule has 0 aliphatic carbocycles. The van der Waals surface area contributed by atoms with E-state index in [9.17, 15) is 13.2 Å². The lowest BCUT2D eigenvalue weighted by molar-refractivity contribution is 0.0954. The summed E-state index contributed by atoms with van der Waals surface area (Å²) in [4.78, 5) is 16.4. The number of carbonyl (C=O) groups excluding carboxylic acids is 1. The van der Waals surface area contributed by atoms with Gasteiger partial charge < -0.3 is 5.32 Å². The maximum atomic E-state index is 12.0. The molecular formula is C16H19N3O3S.